The Bertz CT molecular complexity index is 1630. The van der Waals surface area contributed by atoms with Gasteiger partial charge in [0, 0.05) is 66.9 Å². The van der Waals surface area contributed by atoms with Gasteiger partial charge in [-0.2, -0.15) is 5.10 Å². The molecule has 1 aliphatic heterocycles. The first-order chi connectivity index (χ1) is 16.9. The number of carbonyl (C=O) groups excluding carboxylic acids is 1. The van der Waals surface area contributed by atoms with Gasteiger partial charge in [0.15, 0.2) is 5.82 Å². The van der Waals surface area contributed by atoms with Gasteiger partial charge in [-0.05, 0) is 48.6 Å². The van der Waals surface area contributed by atoms with E-state index < -0.39 is 0 Å². The fraction of sp³-hybridized carbons (Fsp3) is 0.231. The molecule has 0 atom stereocenters. The molecule has 8 nitrogen and oxygen atoms in total. The van der Waals surface area contributed by atoms with E-state index in [0.717, 1.165) is 45.2 Å². The van der Waals surface area contributed by atoms with Crippen LogP contribution in [0.5, 0.6) is 0 Å². The Balaban J connectivity index is 1.35. The number of rotatable bonds is 3. The third-order valence-corrected chi connectivity index (χ3v) is 6.78. The number of hydrogen-bond acceptors (Lipinski definition) is 5. The summed E-state index contributed by atoms with van der Waals surface area (Å²) in [6, 6.07) is 7.16. The van der Waals surface area contributed by atoms with Gasteiger partial charge in [0.2, 0.25) is 5.91 Å². The number of halogens is 1. The summed E-state index contributed by atoms with van der Waals surface area (Å²) in [7, 11) is 1.80. The van der Waals surface area contributed by atoms with E-state index in [-0.39, 0.29) is 18.3 Å². The molecule has 0 saturated heterocycles. The van der Waals surface area contributed by atoms with Crippen LogP contribution < -0.4 is 5.32 Å². The molecule has 5 aromatic rings. The summed E-state index contributed by atoms with van der Waals surface area (Å²) >= 11 is 0. The Morgan fingerprint density at radius 1 is 1.03 bits per heavy atom. The van der Waals surface area contributed by atoms with E-state index >= 15 is 4.39 Å². The zero-order valence-electron chi connectivity index (χ0n) is 19.7. The van der Waals surface area contributed by atoms with Gasteiger partial charge in [0.25, 0.3) is 0 Å². The van der Waals surface area contributed by atoms with E-state index in [1.54, 1.807) is 29.0 Å². The van der Waals surface area contributed by atoms with Crippen LogP contribution in [-0.4, -0.2) is 49.1 Å². The molecule has 4 aromatic heterocycles. The zero-order valence-corrected chi connectivity index (χ0v) is 19.7. The molecule has 0 aliphatic carbocycles. The van der Waals surface area contributed by atoms with Gasteiger partial charge in [0.05, 0.1) is 11.0 Å². The number of nitrogens with zero attached hydrogens (tertiary/aromatic N) is 5. The van der Waals surface area contributed by atoms with Gasteiger partial charge in [0.1, 0.15) is 18.2 Å². The van der Waals surface area contributed by atoms with Crippen LogP contribution in [0, 0.1) is 19.7 Å². The van der Waals surface area contributed by atoms with Gasteiger partial charge in [-0.25, -0.2) is 9.37 Å². The first kappa shape index (κ1) is 21.3. The molecule has 0 bridgehead atoms. The highest BCUT2D eigenvalue weighted by atomic mass is 19.1. The highest BCUT2D eigenvalue weighted by Gasteiger charge is 2.20. The fourth-order valence-electron chi connectivity index (χ4n) is 4.68. The smallest absolute Gasteiger partial charge is 0.244 e. The summed E-state index contributed by atoms with van der Waals surface area (Å²) in [4.78, 5) is 26.1. The molecular formula is C26H24FN7O. The topological polar surface area (TPSA) is 91.7 Å². The number of anilines is 2. The van der Waals surface area contributed by atoms with Crippen molar-refractivity contribution in [2.75, 3.05) is 18.9 Å². The first-order valence-corrected chi connectivity index (χ1v) is 11.5. The minimum Gasteiger partial charge on any atom is -0.359 e. The minimum absolute atomic E-state index is 0.0364. The lowest BCUT2D eigenvalue weighted by Gasteiger charge is -2.12. The molecular weight excluding hydrogens is 445 g/mol. The number of benzene rings is 1. The number of aromatic nitrogens is 5. The molecule has 1 amide bonds. The minimum atomic E-state index is -0.319. The summed E-state index contributed by atoms with van der Waals surface area (Å²) in [5.74, 6) is 0.936. The highest BCUT2D eigenvalue weighted by Crippen LogP contribution is 2.33. The maximum atomic E-state index is 15.1. The van der Waals surface area contributed by atoms with E-state index in [2.05, 4.69) is 25.4 Å². The second-order valence-corrected chi connectivity index (χ2v) is 9.11. The Morgan fingerprint density at radius 3 is 2.74 bits per heavy atom. The summed E-state index contributed by atoms with van der Waals surface area (Å²) in [6.45, 7) is 4.86. The lowest BCUT2D eigenvalue weighted by atomic mass is 9.98. The SMILES string of the molecule is Cc1c[nH]c2c(C)c(-c3cc4cc(Nc5cc6n(n5)CC(=O)N(C)CC6)ncc4cc3F)cnc12. The van der Waals surface area contributed by atoms with E-state index in [1.807, 2.05) is 38.2 Å². The van der Waals surface area contributed by atoms with Gasteiger partial charge < -0.3 is 15.2 Å². The largest absolute Gasteiger partial charge is 0.359 e. The van der Waals surface area contributed by atoms with Crippen LogP contribution in [0.3, 0.4) is 0 Å². The van der Waals surface area contributed by atoms with Gasteiger partial charge in [-0.1, -0.05) is 0 Å². The number of carbonyl (C=O) groups is 1. The third-order valence-electron chi connectivity index (χ3n) is 6.78. The van der Waals surface area contributed by atoms with Crippen molar-refractivity contribution in [3.8, 4) is 11.1 Å². The highest BCUT2D eigenvalue weighted by molar-refractivity contribution is 5.92. The Labute approximate surface area is 200 Å². The van der Waals surface area contributed by atoms with Crippen molar-refractivity contribution in [1.82, 2.24) is 29.6 Å². The van der Waals surface area contributed by atoms with E-state index in [4.69, 9.17) is 0 Å². The molecule has 9 heteroatoms. The second kappa shape index (κ2) is 7.90. The van der Waals surface area contributed by atoms with Crippen molar-refractivity contribution in [1.29, 1.82) is 0 Å². The van der Waals surface area contributed by atoms with Gasteiger partial charge in [-0.15, -0.1) is 0 Å². The average Bonchev–Trinajstić information content (AvgIpc) is 3.37. The van der Waals surface area contributed by atoms with Crippen molar-refractivity contribution < 1.29 is 9.18 Å². The monoisotopic (exact) mass is 469 g/mol. The first-order valence-electron chi connectivity index (χ1n) is 11.5. The van der Waals surface area contributed by atoms with Crippen molar-refractivity contribution in [2.24, 2.45) is 0 Å². The molecule has 0 radical (unpaired) electrons. The Kier molecular flexibility index (Phi) is 4.80. The van der Waals surface area contributed by atoms with Crippen molar-refractivity contribution >= 4 is 39.3 Å². The number of pyridine rings is 2. The van der Waals surface area contributed by atoms with E-state index in [1.165, 1.54) is 6.07 Å². The standard InChI is InChI=1S/C26H24FN7O/c1-14-10-29-26-15(2)20(12-30-25(14)26)19-6-16-8-22(28-11-17(16)7-21(19)27)31-23-9-18-4-5-33(3)24(35)13-34(18)32-23/h6-12,29H,4-5,13H2,1-3H3,(H,28,31,32). The maximum absolute atomic E-state index is 15.1. The van der Waals surface area contributed by atoms with Crippen LogP contribution in [0.4, 0.5) is 16.0 Å². The van der Waals surface area contributed by atoms with Crippen LogP contribution >= 0.6 is 0 Å². The zero-order chi connectivity index (χ0) is 24.3. The predicted octanol–water partition coefficient (Wildman–Crippen LogP) is 4.49. The van der Waals surface area contributed by atoms with E-state index in [9.17, 15) is 4.79 Å². The summed E-state index contributed by atoms with van der Waals surface area (Å²) in [5.41, 5.74) is 6.06. The Morgan fingerprint density at radius 2 is 1.89 bits per heavy atom. The number of aromatic amines is 1. The van der Waals surface area contributed by atoms with Crippen LogP contribution in [0.25, 0.3) is 32.9 Å². The summed E-state index contributed by atoms with van der Waals surface area (Å²) in [5, 5.41) is 9.32. The molecule has 0 fully saturated rings. The average molecular weight is 470 g/mol. The number of aryl methyl sites for hydroxylation is 2. The third kappa shape index (κ3) is 3.60. The van der Waals surface area contributed by atoms with Crippen LogP contribution in [0.1, 0.15) is 16.8 Å². The molecule has 0 spiro atoms. The number of amides is 1. The van der Waals surface area contributed by atoms with Crippen LogP contribution in [0.2, 0.25) is 0 Å². The molecule has 5 heterocycles. The van der Waals surface area contributed by atoms with Crippen molar-refractivity contribution in [2.45, 2.75) is 26.8 Å². The maximum Gasteiger partial charge on any atom is 0.244 e. The number of hydrogen-bond donors (Lipinski definition) is 2. The molecule has 6 rings (SSSR count). The van der Waals surface area contributed by atoms with Crippen LogP contribution in [-0.2, 0) is 17.8 Å². The quantitative estimate of drug-likeness (QED) is 0.406. The molecule has 1 aromatic carbocycles. The molecule has 1 aliphatic rings. The molecule has 176 valence electrons. The van der Waals surface area contributed by atoms with E-state index in [0.29, 0.717) is 29.1 Å². The lowest BCUT2D eigenvalue weighted by Crippen LogP contribution is -2.29. The lowest BCUT2D eigenvalue weighted by molar-refractivity contribution is -0.130. The normalized spacial score (nSPS) is 13.9. The van der Waals surface area contributed by atoms with Gasteiger partial charge in [-0.3, -0.25) is 14.5 Å². The number of H-pyrrole nitrogens is 1. The molecule has 0 saturated carbocycles. The fourth-order valence-corrected chi connectivity index (χ4v) is 4.68. The molecule has 35 heavy (non-hydrogen) atoms. The predicted molar refractivity (Wildman–Crippen MR) is 133 cm³/mol. The van der Waals surface area contributed by atoms with Crippen LogP contribution in [0.15, 0.2) is 42.9 Å². The van der Waals surface area contributed by atoms with Crippen molar-refractivity contribution in [3.63, 3.8) is 0 Å². The number of fused-ring (bicyclic) bond motifs is 3. The Hall–Kier alpha value is -4.27. The van der Waals surface area contributed by atoms with Crippen molar-refractivity contribution in [3.05, 3.63) is 65.5 Å². The van der Waals surface area contributed by atoms with Gasteiger partial charge >= 0.3 is 0 Å². The molecule has 2 N–H and O–H groups in total. The number of likely N-dealkylation sites (N-methyl/N-ethyl adjacent to an activating group) is 1. The summed E-state index contributed by atoms with van der Waals surface area (Å²) < 4.78 is 16.9. The number of nitrogens with one attached hydrogen (secondary N) is 2. The summed E-state index contributed by atoms with van der Waals surface area (Å²) in [6.07, 6.45) is 6.04. The molecule has 0 unspecified atom stereocenters. The second-order valence-electron chi connectivity index (χ2n) is 9.11.